The Morgan fingerprint density at radius 3 is 2.25 bits per heavy atom. The molecule has 0 aliphatic heterocycles. The van der Waals surface area contributed by atoms with Crippen molar-refractivity contribution >= 4 is 0 Å². The van der Waals surface area contributed by atoms with E-state index in [4.69, 9.17) is 0 Å². The van der Waals surface area contributed by atoms with Crippen LogP contribution in [-0.4, -0.2) is 0 Å². The highest BCUT2D eigenvalue weighted by molar-refractivity contribution is 5.09. The minimum atomic E-state index is 0.670. The molecule has 0 saturated heterocycles. The van der Waals surface area contributed by atoms with Gasteiger partial charge < -0.3 is 0 Å². The second-order valence-corrected chi connectivity index (χ2v) is 13.1. The third kappa shape index (κ3) is 3.51. The molecule has 0 spiro atoms. The Bertz CT molecular complexity index is 534. The molecule has 28 heavy (non-hydrogen) atoms. The van der Waals surface area contributed by atoms with Crippen LogP contribution in [-0.2, 0) is 0 Å². The molecule has 0 radical (unpaired) electrons. The zero-order chi connectivity index (χ0) is 20.1. The van der Waals surface area contributed by atoms with E-state index in [2.05, 4.69) is 41.5 Å². The van der Waals surface area contributed by atoms with Crippen molar-refractivity contribution in [2.75, 3.05) is 0 Å². The Morgan fingerprint density at radius 2 is 1.50 bits per heavy atom. The molecule has 0 aromatic carbocycles. The Morgan fingerprint density at radius 1 is 0.786 bits per heavy atom. The van der Waals surface area contributed by atoms with Crippen LogP contribution < -0.4 is 0 Å². The lowest BCUT2D eigenvalue weighted by molar-refractivity contribution is -0.120. The second kappa shape index (κ2) is 7.92. The summed E-state index contributed by atoms with van der Waals surface area (Å²) in [6.45, 7) is 15.4. The third-order valence-electron chi connectivity index (χ3n) is 11.1. The van der Waals surface area contributed by atoms with Crippen LogP contribution in [0.1, 0.15) is 119 Å². The topological polar surface area (TPSA) is 0 Å². The number of rotatable bonds is 5. The van der Waals surface area contributed by atoms with Gasteiger partial charge in [0, 0.05) is 0 Å². The van der Waals surface area contributed by atoms with Gasteiger partial charge in [0.2, 0.25) is 0 Å². The molecule has 0 aromatic rings. The largest absolute Gasteiger partial charge is 0.0628 e. The summed E-state index contributed by atoms with van der Waals surface area (Å²) in [5.74, 6) is 8.08. The molecule has 0 heterocycles. The number of fused-ring (bicyclic) bond motifs is 5. The van der Waals surface area contributed by atoms with Crippen molar-refractivity contribution < 1.29 is 0 Å². The lowest BCUT2D eigenvalue weighted by Gasteiger charge is -2.61. The molecule has 4 rings (SSSR count). The second-order valence-electron chi connectivity index (χ2n) is 13.1. The zero-order valence-electron chi connectivity index (χ0n) is 20.1. The average molecular weight is 387 g/mol. The van der Waals surface area contributed by atoms with Gasteiger partial charge in [0.1, 0.15) is 0 Å². The van der Waals surface area contributed by atoms with Gasteiger partial charge in [-0.15, -0.1) is 0 Å². The van der Waals surface area contributed by atoms with E-state index in [1.54, 1.807) is 44.9 Å². The third-order valence-corrected chi connectivity index (χ3v) is 11.1. The molecule has 4 aliphatic carbocycles. The monoisotopic (exact) mass is 386 g/mol. The molecule has 0 nitrogen and oxygen atoms in total. The molecule has 0 bridgehead atoms. The molecule has 0 N–H and O–H groups in total. The summed E-state index contributed by atoms with van der Waals surface area (Å²) in [5.41, 5.74) is 1.36. The standard InChI is InChI=1S/C28H50/c1-19(2)8-7-9-21(4)24-12-13-25-23-11-10-22-18-20(3)14-16-27(22,5)26(23)15-17-28(24,25)6/h19-26H,7-18H2,1-6H3. The van der Waals surface area contributed by atoms with Gasteiger partial charge in [0.15, 0.2) is 0 Å². The van der Waals surface area contributed by atoms with Crippen molar-refractivity contribution in [3.8, 4) is 0 Å². The van der Waals surface area contributed by atoms with Gasteiger partial charge in [0.05, 0.1) is 0 Å². The first-order valence-electron chi connectivity index (χ1n) is 13.3. The summed E-state index contributed by atoms with van der Waals surface area (Å²) in [6, 6.07) is 0. The smallest absolute Gasteiger partial charge is 0.0264 e. The summed E-state index contributed by atoms with van der Waals surface area (Å²) >= 11 is 0. The summed E-state index contributed by atoms with van der Waals surface area (Å²) in [6.07, 6.45) is 18.3. The first kappa shape index (κ1) is 21.2. The summed E-state index contributed by atoms with van der Waals surface area (Å²) in [7, 11) is 0. The van der Waals surface area contributed by atoms with E-state index < -0.39 is 0 Å². The van der Waals surface area contributed by atoms with Crippen molar-refractivity contribution in [3.05, 3.63) is 0 Å². The van der Waals surface area contributed by atoms with E-state index in [9.17, 15) is 0 Å². The van der Waals surface area contributed by atoms with Crippen LogP contribution in [0.4, 0.5) is 0 Å². The lowest BCUT2D eigenvalue weighted by Crippen LogP contribution is -2.53. The maximum absolute atomic E-state index is 2.75. The van der Waals surface area contributed by atoms with Gasteiger partial charge in [-0.3, -0.25) is 0 Å². The quantitative estimate of drug-likeness (QED) is 0.443. The molecule has 0 heteroatoms. The van der Waals surface area contributed by atoms with Crippen LogP contribution >= 0.6 is 0 Å². The molecule has 4 fully saturated rings. The molecular formula is C28H50. The number of hydrogen-bond acceptors (Lipinski definition) is 0. The summed E-state index contributed by atoms with van der Waals surface area (Å²) in [5, 5.41) is 0. The fraction of sp³-hybridized carbons (Fsp3) is 1.00. The maximum Gasteiger partial charge on any atom is -0.0264 e. The maximum atomic E-state index is 2.75. The SMILES string of the molecule is CC(C)CCCC(C)C1CCC2C3CCC4CC(C)CCC4(C)C3CCC12C. The molecule has 4 aliphatic rings. The minimum absolute atomic E-state index is 0.670. The molecule has 4 saturated carbocycles. The predicted octanol–water partition coefficient (Wildman–Crippen LogP) is 8.74. The highest BCUT2D eigenvalue weighted by Gasteiger charge is 2.60. The first-order chi connectivity index (χ1) is 13.3. The van der Waals surface area contributed by atoms with E-state index in [1.165, 1.54) is 32.1 Å². The fourth-order valence-corrected chi connectivity index (χ4v) is 9.50. The molecule has 0 aromatic heterocycles. The van der Waals surface area contributed by atoms with Crippen LogP contribution in [0.25, 0.3) is 0 Å². The van der Waals surface area contributed by atoms with E-state index in [0.29, 0.717) is 10.8 Å². The minimum Gasteiger partial charge on any atom is -0.0628 e. The van der Waals surface area contributed by atoms with Crippen LogP contribution in [0.2, 0.25) is 0 Å². The van der Waals surface area contributed by atoms with Gasteiger partial charge >= 0.3 is 0 Å². The van der Waals surface area contributed by atoms with Gasteiger partial charge in [-0.1, -0.05) is 67.2 Å². The van der Waals surface area contributed by atoms with Crippen LogP contribution in [0.15, 0.2) is 0 Å². The Kier molecular flexibility index (Phi) is 6.01. The van der Waals surface area contributed by atoms with Gasteiger partial charge in [-0.05, 0) is 110 Å². The molecule has 9 atom stereocenters. The highest BCUT2D eigenvalue weighted by Crippen LogP contribution is 2.68. The summed E-state index contributed by atoms with van der Waals surface area (Å²) in [4.78, 5) is 0. The molecule has 162 valence electrons. The van der Waals surface area contributed by atoms with Gasteiger partial charge in [0.25, 0.3) is 0 Å². The van der Waals surface area contributed by atoms with E-state index >= 15 is 0 Å². The predicted molar refractivity (Wildman–Crippen MR) is 122 cm³/mol. The lowest BCUT2D eigenvalue weighted by atomic mass is 9.44. The van der Waals surface area contributed by atoms with Crippen molar-refractivity contribution in [1.29, 1.82) is 0 Å². The Balaban J connectivity index is 1.46. The number of hydrogen-bond donors (Lipinski definition) is 0. The van der Waals surface area contributed by atoms with Crippen molar-refractivity contribution in [2.45, 2.75) is 119 Å². The zero-order valence-corrected chi connectivity index (χ0v) is 20.1. The van der Waals surface area contributed by atoms with E-state index in [-0.39, 0.29) is 0 Å². The molecule has 9 unspecified atom stereocenters. The van der Waals surface area contributed by atoms with Crippen molar-refractivity contribution in [1.82, 2.24) is 0 Å². The van der Waals surface area contributed by atoms with Crippen LogP contribution in [0.3, 0.4) is 0 Å². The van der Waals surface area contributed by atoms with Gasteiger partial charge in [-0.2, -0.15) is 0 Å². The summed E-state index contributed by atoms with van der Waals surface area (Å²) < 4.78 is 0. The Hall–Kier alpha value is 0. The molecular weight excluding hydrogens is 336 g/mol. The van der Waals surface area contributed by atoms with E-state index in [0.717, 1.165) is 47.3 Å². The van der Waals surface area contributed by atoms with Crippen LogP contribution in [0, 0.1) is 58.2 Å². The Labute approximate surface area is 177 Å². The average Bonchev–Trinajstić information content (AvgIpc) is 2.99. The highest BCUT2D eigenvalue weighted by atomic mass is 14.6. The molecule has 0 amide bonds. The van der Waals surface area contributed by atoms with Gasteiger partial charge in [-0.25, -0.2) is 0 Å². The fourth-order valence-electron chi connectivity index (χ4n) is 9.50. The van der Waals surface area contributed by atoms with Crippen molar-refractivity contribution in [3.63, 3.8) is 0 Å². The normalized spacial score (nSPS) is 49.4. The van der Waals surface area contributed by atoms with E-state index in [1.807, 2.05) is 0 Å². The van der Waals surface area contributed by atoms with Crippen molar-refractivity contribution in [2.24, 2.45) is 58.2 Å². The first-order valence-corrected chi connectivity index (χ1v) is 13.3. The van der Waals surface area contributed by atoms with Crippen LogP contribution in [0.5, 0.6) is 0 Å².